The molecule has 2 amide bonds. The lowest BCUT2D eigenvalue weighted by Gasteiger charge is -2.10. The molecule has 0 unspecified atom stereocenters. The molecule has 2 aromatic carbocycles. The van der Waals surface area contributed by atoms with Crippen LogP contribution in [0.3, 0.4) is 0 Å². The van der Waals surface area contributed by atoms with E-state index in [9.17, 15) is 9.59 Å². The van der Waals surface area contributed by atoms with E-state index >= 15 is 0 Å². The van der Waals surface area contributed by atoms with Gasteiger partial charge in [0.05, 0.1) is 10.7 Å². The summed E-state index contributed by atoms with van der Waals surface area (Å²) in [4.78, 5) is 24.0. The molecule has 0 atom stereocenters. The summed E-state index contributed by atoms with van der Waals surface area (Å²) < 4.78 is 5.96. The number of halogens is 1. The molecule has 2 rings (SSSR count). The van der Waals surface area contributed by atoms with Crippen molar-refractivity contribution >= 4 is 57.8 Å². The van der Waals surface area contributed by atoms with Gasteiger partial charge in [-0.25, -0.2) is 0 Å². The van der Waals surface area contributed by atoms with Crippen LogP contribution in [-0.4, -0.2) is 24.0 Å². The summed E-state index contributed by atoms with van der Waals surface area (Å²) in [5, 5.41) is 2.45. The van der Waals surface area contributed by atoms with Gasteiger partial charge in [-0.2, -0.15) is 0 Å². The third-order valence-corrected chi connectivity index (χ3v) is 4.49. The van der Waals surface area contributed by atoms with Crippen molar-refractivity contribution in [2.24, 2.45) is 0 Å². The van der Waals surface area contributed by atoms with Crippen molar-refractivity contribution in [2.75, 3.05) is 7.11 Å². The molecule has 0 aliphatic carbocycles. The average Bonchev–Trinajstić information content (AvgIpc) is 2.65. The number of benzene rings is 2. The minimum Gasteiger partial charge on any atom is -0.496 e. The Bertz CT molecular complexity index is 882. The average molecular weight is 495 g/mol. The Kier molecular flexibility index (Phi) is 7.74. The predicted molar refractivity (Wildman–Crippen MR) is 117 cm³/mol. The fourth-order valence-electron chi connectivity index (χ4n) is 2.03. The zero-order valence-corrected chi connectivity index (χ0v) is 17.7. The van der Waals surface area contributed by atoms with Crippen molar-refractivity contribution in [1.29, 1.82) is 0 Å². The standard InChI is InChI=1S/C19H18IN3O3S/c1-12-3-5-13(6-4-12)7-10-17(24)21-19(27)23-22-18(25)14-8-9-16(26-2)15(20)11-14/h3-11H,1-2H3,(H,22,25)(H2,21,23,24,27). The molecular weight excluding hydrogens is 477 g/mol. The molecule has 0 spiro atoms. The minimum atomic E-state index is -0.402. The van der Waals surface area contributed by atoms with E-state index in [4.69, 9.17) is 17.0 Å². The molecule has 0 aliphatic rings. The zero-order chi connectivity index (χ0) is 19.8. The van der Waals surface area contributed by atoms with E-state index < -0.39 is 5.91 Å². The summed E-state index contributed by atoms with van der Waals surface area (Å²) in [6.07, 6.45) is 3.04. The van der Waals surface area contributed by atoms with Crippen LogP contribution in [0.1, 0.15) is 21.5 Å². The van der Waals surface area contributed by atoms with Gasteiger partial charge in [0.25, 0.3) is 5.91 Å². The van der Waals surface area contributed by atoms with Gasteiger partial charge < -0.3 is 4.74 Å². The van der Waals surface area contributed by atoms with E-state index in [1.54, 1.807) is 31.4 Å². The first-order valence-electron chi connectivity index (χ1n) is 7.88. The maximum atomic E-state index is 12.1. The number of hydrazine groups is 1. The molecule has 0 radical (unpaired) electrons. The summed E-state index contributed by atoms with van der Waals surface area (Å²) in [6.45, 7) is 1.99. The second-order valence-corrected chi connectivity index (χ2v) is 7.06. The fourth-order valence-corrected chi connectivity index (χ4v) is 2.91. The van der Waals surface area contributed by atoms with Crippen LogP contribution in [0, 0.1) is 10.5 Å². The SMILES string of the molecule is COc1ccc(C(=O)NNC(=S)NC(=O)C=Cc2ccc(C)cc2)cc1I. The highest BCUT2D eigenvalue weighted by molar-refractivity contribution is 14.1. The molecule has 0 aliphatic heterocycles. The topological polar surface area (TPSA) is 79.5 Å². The highest BCUT2D eigenvalue weighted by atomic mass is 127. The number of aryl methyl sites for hydroxylation is 1. The minimum absolute atomic E-state index is 0.00915. The van der Waals surface area contributed by atoms with E-state index in [0.717, 1.165) is 14.7 Å². The molecule has 0 heterocycles. The number of nitrogens with one attached hydrogen (secondary N) is 3. The number of thiocarbonyl (C=S) groups is 1. The Labute approximate surface area is 176 Å². The molecule has 0 saturated carbocycles. The van der Waals surface area contributed by atoms with Crippen molar-refractivity contribution < 1.29 is 14.3 Å². The molecule has 6 nitrogen and oxygen atoms in total. The summed E-state index contributed by atoms with van der Waals surface area (Å²) >= 11 is 7.08. The third-order valence-electron chi connectivity index (χ3n) is 3.44. The van der Waals surface area contributed by atoms with Crippen LogP contribution in [0.4, 0.5) is 0 Å². The van der Waals surface area contributed by atoms with Crippen molar-refractivity contribution in [3.63, 3.8) is 0 Å². The van der Waals surface area contributed by atoms with Crippen LogP contribution in [0.25, 0.3) is 6.08 Å². The van der Waals surface area contributed by atoms with Crippen molar-refractivity contribution in [2.45, 2.75) is 6.92 Å². The van der Waals surface area contributed by atoms with Gasteiger partial charge >= 0.3 is 0 Å². The number of carbonyl (C=O) groups is 2. The lowest BCUT2D eigenvalue weighted by atomic mass is 10.1. The lowest BCUT2D eigenvalue weighted by molar-refractivity contribution is -0.115. The Balaban J connectivity index is 1.82. The van der Waals surface area contributed by atoms with Gasteiger partial charge in [0.2, 0.25) is 5.91 Å². The second-order valence-electron chi connectivity index (χ2n) is 5.49. The number of carbonyl (C=O) groups excluding carboxylic acids is 2. The van der Waals surface area contributed by atoms with E-state index in [1.807, 2.05) is 31.2 Å². The number of amides is 2. The van der Waals surface area contributed by atoms with Crippen molar-refractivity contribution in [3.8, 4) is 5.75 Å². The summed E-state index contributed by atoms with van der Waals surface area (Å²) in [5.41, 5.74) is 7.41. The van der Waals surface area contributed by atoms with Crippen LogP contribution < -0.4 is 20.9 Å². The smallest absolute Gasteiger partial charge is 0.269 e. The van der Waals surface area contributed by atoms with Gasteiger partial charge in [0, 0.05) is 11.6 Å². The predicted octanol–water partition coefficient (Wildman–Crippen LogP) is 2.96. The number of hydrogen-bond donors (Lipinski definition) is 3. The molecule has 3 N–H and O–H groups in total. The Morgan fingerprint density at radius 1 is 1.11 bits per heavy atom. The normalized spacial score (nSPS) is 10.3. The molecular formula is C19H18IN3O3S. The van der Waals surface area contributed by atoms with Crippen LogP contribution in [0.2, 0.25) is 0 Å². The number of ether oxygens (including phenoxy) is 1. The van der Waals surface area contributed by atoms with Crippen LogP contribution in [0.15, 0.2) is 48.5 Å². The summed E-state index contributed by atoms with van der Waals surface area (Å²) in [7, 11) is 1.56. The largest absolute Gasteiger partial charge is 0.496 e. The third kappa shape index (κ3) is 6.65. The Hall–Kier alpha value is -2.46. The van der Waals surface area contributed by atoms with Gasteiger partial charge in [-0.15, -0.1) is 0 Å². The Morgan fingerprint density at radius 2 is 1.81 bits per heavy atom. The lowest BCUT2D eigenvalue weighted by Crippen LogP contribution is -2.48. The van der Waals surface area contributed by atoms with Crippen LogP contribution in [-0.2, 0) is 4.79 Å². The van der Waals surface area contributed by atoms with Gasteiger partial charge in [-0.3, -0.25) is 25.8 Å². The van der Waals surface area contributed by atoms with Crippen molar-refractivity contribution in [1.82, 2.24) is 16.2 Å². The van der Waals surface area contributed by atoms with Crippen LogP contribution >= 0.6 is 34.8 Å². The molecule has 0 saturated heterocycles. The number of methoxy groups -OCH3 is 1. The maximum absolute atomic E-state index is 12.1. The molecule has 140 valence electrons. The molecule has 27 heavy (non-hydrogen) atoms. The second kappa shape index (κ2) is 10.0. The van der Waals surface area contributed by atoms with Crippen LogP contribution in [0.5, 0.6) is 5.75 Å². The molecule has 8 heteroatoms. The van der Waals surface area contributed by atoms with Gasteiger partial charge in [0.15, 0.2) is 5.11 Å². The van der Waals surface area contributed by atoms with Crippen molar-refractivity contribution in [3.05, 3.63) is 68.8 Å². The van der Waals surface area contributed by atoms with Gasteiger partial charge in [0.1, 0.15) is 5.75 Å². The molecule has 0 aromatic heterocycles. The maximum Gasteiger partial charge on any atom is 0.269 e. The van der Waals surface area contributed by atoms with E-state index in [2.05, 4.69) is 38.8 Å². The van der Waals surface area contributed by atoms with E-state index in [-0.39, 0.29) is 11.0 Å². The molecule has 2 aromatic rings. The molecule has 0 bridgehead atoms. The Morgan fingerprint density at radius 3 is 2.44 bits per heavy atom. The fraction of sp³-hybridized carbons (Fsp3) is 0.105. The van der Waals surface area contributed by atoms with Gasteiger partial charge in [-0.05, 0) is 71.6 Å². The number of rotatable bonds is 4. The van der Waals surface area contributed by atoms with E-state index in [1.165, 1.54) is 6.08 Å². The molecule has 0 fully saturated rings. The van der Waals surface area contributed by atoms with Gasteiger partial charge in [-0.1, -0.05) is 29.8 Å². The summed E-state index contributed by atoms with van der Waals surface area (Å²) in [5.74, 6) is -0.105. The first-order valence-corrected chi connectivity index (χ1v) is 9.37. The quantitative estimate of drug-likeness (QED) is 0.263. The highest BCUT2D eigenvalue weighted by Crippen LogP contribution is 2.21. The number of hydrogen-bond acceptors (Lipinski definition) is 4. The first kappa shape index (κ1) is 20.8. The zero-order valence-electron chi connectivity index (χ0n) is 14.7. The first-order chi connectivity index (χ1) is 12.9. The van der Waals surface area contributed by atoms with E-state index in [0.29, 0.717) is 11.3 Å². The monoisotopic (exact) mass is 495 g/mol. The summed E-state index contributed by atoms with van der Waals surface area (Å²) in [6, 6.07) is 12.7. The highest BCUT2D eigenvalue weighted by Gasteiger charge is 2.09.